The Labute approximate surface area is 424 Å². The van der Waals surface area contributed by atoms with E-state index in [9.17, 15) is 19.8 Å². The van der Waals surface area contributed by atoms with Gasteiger partial charge in [-0.2, -0.15) is 0 Å². The lowest BCUT2D eigenvalue weighted by Gasteiger charge is -2.20. The van der Waals surface area contributed by atoms with Gasteiger partial charge in [0.2, 0.25) is 5.91 Å². The van der Waals surface area contributed by atoms with Gasteiger partial charge in [-0.25, -0.2) is 0 Å². The van der Waals surface area contributed by atoms with E-state index in [1.807, 2.05) is 6.08 Å². The Balaban J connectivity index is 3.48. The molecule has 68 heavy (non-hydrogen) atoms. The van der Waals surface area contributed by atoms with Gasteiger partial charge in [0.25, 0.3) is 0 Å². The van der Waals surface area contributed by atoms with E-state index >= 15 is 0 Å². The van der Waals surface area contributed by atoms with E-state index in [0.717, 1.165) is 70.6 Å². The maximum atomic E-state index is 12.5. The van der Waals surface area contributed by atoms with Gasteiger partial charge >= 0.3 is 5.97 Å². The topological polar surface area (TPSA) is 95.9 Å². The van der Waals surface area contributed by atoms with Crippen LogP contribution in [-0.4, -0.2) is 47.4 Å². The summed E-state index contributed by atoms with van der Waals surface area (Å²) in [6.07, 6.45) is 71.7. The first-order chi connectivity index (χ1) is 33.5. The lowest BCUT2D eigenvalue weighted by molar-refractivity contribution is -0.143. The van der Waals surface area contributed by atoms with Crippen LogP contribution < -0.4 is 5.32 Å². The molecule has 0 aromatic rings. The molecule has 0 saturated heterocycles. The SMILES string of the molecule is CCCCCCCC/C=C\CCCCCCCCCCCC(=O)OCCCCCC/C=C\CCCCCCCCCC(=O)NC(CO)C(O)/C=C/CCCCCCCCCCCCCCCCC. The van der Waals surface area contributed by atoms with Gasteiger partial charge in [0.05, 0.1) is 25.4 Å². The summed E-state index contributed by atoms with van der Waals surface area (Å²) in [7, 11) is 0. The lowest BCUT2D eigenvalue weighted by atomic mass is 10.0. The van der Waals surface area contributed by atoms with Crippen molar-refractivity contribution in [3.05, 3.63) is 36.5 Å². The van der Waals surface area contributed by atoms with Crippen molar-refractivity contribution >= 4 is 11.9 Å². The van der Waals surface area contributed by atoms with Gasteiger partial charge in [0.1, 0.15) is 0 Å². The normalized spacial score (nSPS) is 12.8. The summed E-state index contributed by atoms with van der Waals surface area (Å²) in [5.41, 5.74) is 0. The van der Waals surface area contributed by atoms with Crippen LogP contribution in [0.5, 0.6) is 0 Å². The third kappa shape index (κ3) is 53.4. The smallest absolute Gasteiger partial charge is 0.305 e. The monoisotopic (exact) mass is 956 g/mol. The van der Waals surface area contributed by atoms with Gasteiger partial charge in [-0.1, -0.05) is 262 Å². The number of esters is 1. The third-order valence-corrected chi connectivity index (χ3v) is 13.9. The van der Waals surface area contributed by atoms with Crippen molar-refractivity contribution in [1.82, 2.24) is 5.32 Å². The molecule has 0 spiro atoms. The molecule has 0 aliphatic rings. The molecule has 0 bridgehead atoms. The average molecular weight is 957 g/mol. The second-order valence-electron chi connectivity index (χ2n) is 20.7. The summed E-state index contributed by atoms with van der Waals surface area (Å²) in [6.45, 7) is 4.88. The first-order valence-corrected chi connectivity index (χ1v) is 30.3. The fraction of sp³-hybridized carbons (Fsp3) is 0.871. The summed E-state index contributed by atoms with van der Waals surface area (Å²) >= 11 is 0. The van der Waals surface area contributed by atoms with Crippen molar-refractivity contribution in [3.8, 4) is 0 Å². The van der Waals surface area contributed by atoms with Crippen molar-refractivity contribution < 1.29 is 24.5 Å². The Bertz CT molecular complexity index is 1100. The molecule has 0 aliphatic carbocycles. The van der Waals surface area contributed by atoms with E-state index in [2.05, 4.69) is 43.5 Å². The van der Waals surface area contributed by atoms with E-state index < -0.39 is 12.1 Å². The van der Waals surface area contributed by atoms with E-state index in [0.29, 0.717) is 19.4 Å². The number of amides is 1. The Morgan fingerprint density at radius 2 is 0.691 bits per heavy atom. The molecule has 2 unspecified atom stereocenters. The van der Waals surface area contributed by atoms with Crippen molar-refractivity contribution in [3.63, 3.8) is 0 Å². The van der Waals surface area contributed by atoms with E-state index in [-0.39, 0.29) is 18.5 Å². The highest BCUT2D eigenvalue weighted by atomic mass is 16.5. The van der Waals surface area contributed by atoms with Gasteiger partial charge < -0.3 is 20.3 Å². The zero-order valence-corrected chi connectivity index (χ0v) is 45.6. The van der Waals surface area contributed by atoms with E-state index in [4.69, 9.17) is 4.74 Å². The number of rotatable bonds is 56. The molecule has 0 aromatic carbocycles. The summed E-state index contributed by atoms with van der Waals surface area (Å²) in [4.78, 5) is 24.6. The number of unbranched alkanes of at least 4 members (excludes halogenated alkanes) is 41. The molecule has 0 heterocycles. The minimum absolute atomic E-state index is 0.0115. The number of nitrogens with one attached hydrogen (secondary N) is 1. The highest BCUT2D eigenvalue weighted by molar-refractivity contribution is 5.76. The Morgan fingerprint density at radius 3 is 1.04 bits per heavy atom. The first kappa shape index (κ1) is 66.1. The van der Waals surface area contributed by atoms with Crippen LogP contribution in [-0.2, 0) is 14.3 Å². The number of allylic oxidation sites excluding steroid dienone is 5. The van der Waals surface area contributed by atoms with Gasteiger partial charge in [-0.05, 0) is 83.5 Å². The summed E-state index contributed by atoms with van der Waals surface area (Å²) in [5, 5.41) is 23.1. The fourth-order valence-corrected chi connectivity index (χ4v) is 9.21. The number of aliphatic hydroxyl groups is 2. The van der Waals surface area contributed by atoms with Crippen LogP contribution in [0.2, 0.25) is 0 Å². The predicted octanol–water partition coefficient (Wildman–Crippen LogP) is 18.8. The van der Waals surface area contributed by atoms with Crippen LogP contribution in [0.25, 0.3) is 0 Å². The molecule has 3 N–H and O–H groups in total. The minimum atomic E-state index is -0.855. The summed E-state index contributed by atoms with van der Waals surface area (Å²) in [5.74, 6) is -0.0934. The van der Waals surface area contributed by atoms with Crippen LogP contribution in [0.15, 0.2) is 36.5 Å². The van der Waals surface area contributed by atoms with Crippen LogP contribution in [0, 0.1) is 0 Å². The number of hydrogen-bond acceptors (Lipinski definition) is 5. The molecule has 0 saturated carbocycles. The van der Waals surface area contributed by atoms with Gasteiger partial charge in [-0.3, -0.25) is 9.59 Å². The molecule has 0 aromatic heterocycles. The largest absolute Gasteiger partial charge is 0.466 e. The van der Waals surface area contributed by atoms with Gasteiger partial charge in [-0.15, -0.1) is 0 Å². The number of carbonyl (C=O) groups is 2. The number of carbonyl (C=O) groups excluding carboxylic acids is 2. The quantitative estimate of drug-likeness (QED) is 0.0321. The predicted molar refractivity (Wildman–Crippen MR) is 296 cm³/mol. The summed E-state index contributed by atoms with van der Waals surface area (Å²) in [6, 6.07) is -0.640. The fourth-order valence-electron chi connectivity index (χ4n) is 9.21. The van der Waals surface area contributed by atoms with Crippen molar-refractivity contribution in [1.29, 1.82) is 0 Å². The van der Waals surface area contributed by atoms with Gasteiger partial charge in [0.15, 0.2) is 0 Å². The Morgan fingerprint density at radius 1 is 0.397 bits per heavy atom. The van der Waals surface area contributed by atoms with E-state index in [1.54, 1.807) is 6.08 Å². The van der Waals surface area contributed by atoms with Crippen LogP contribution in [0.3, 0.4) is 0 Å². The van der Waals surface area contributed by atoms with Crippen molar-refractivity contribution in [2.24, 2.45) is 0 Å². The molecule has 1 amide bonds. The average Bonchev–Trinajstić information content (AvgIpc) is 3.34. The lowest BCUT2D eigenvalue weighted by Crippen LogP contribution is -2.45. The van der Waals surface area contributed by atoms with Crippen LogP contribution in [0.4, 0.5) is 0 Å². The molecular weight excluding hydrogens is 839 g/mol. The zero-order valence-electron chi connectivity index (χ0n) is 45.6. The molecule has 6 nitrogen and oxygen atoms in total. The molecule has 0 rings (SSSR count). The molecule has 0 fully saturated rings. The molecular formula is C62H117NO5. The highest BCUT2D eigenvalue weighted by Crippen LogP contribution is 2.16. The molecule has 0 aliphatic heterocycles. The molecule has 400 valence electrons. The van der Waals surface area contributed by atoms with E-state index in [1.165, 1.54) is 225 Å². The molecule has 0 radical (unpaired) electrons. The standard InChI is InChI=1S/C62H117NO5/c1-3-5-7-9-11-13-15-17-19-21-22-24-28-32-36-40-44-48-52-56-62(67)68-57-53-49-45-41-37-33-29-25-27-31-35-39-43-47-51-55-61(66)63-59(58-64)60(65)54-50-46-42-38-34-30-26-23-20-18-16-14-12-10-8-6-4-2/h17,19,29,33,50,54,59-60,64-65H,3-16,18,20-28,30-32,34-49,51-53,55-58H2,1-2H3,(H,63,66)/b19-17-,33-29-,54-50+. The number of hydrogen-bond donors (Lipinski definition) is 3. The number of ether oxygens (including phenoxy) is 1. The van der Waals surface area contributed by atoms with Crippen molar-refractivity contribution in [2.45, 2.75) is 334 Å². The minimum Gasteiger partial charge on any atom is -0.466 e. The Kier molecular flexibility index (Phi) is 56.0. The second-order valence-corrected chi connectivity index (χ2v) is 20.7. The Hall–Kier alpha value is -1.92. The van der Waals surface area contributed by atoms with Gasteiger partial charge in [0, 0.05) is 12.8 Å². The highest BCUT2D eigenvalue weighted by Gasteiger charge is 2.18. The maximum Gasteiger partial charge on any atom is 0.305 e. The molecule has 2 atom stereocenters. The number of aliphatic hydroxyl groups excluding tert-OH is 2. The summed E-state index contributed by atoms with van der Waals surface area (Å²) < 4.78 is 5.48. The van der Waals surface area contributed by atoms with Crippen LogP contribution in [0.1, 0.15) is 322 Å². The molecule has 6 heteroatoms. The first-order valence-electron chi connectivity index (χ1n) is 30.3. The van der Waals surface area contributed by atoms with Crippen LogP contribution >= 0.6 is 0 Å². The zero-order chi connectivity index (χ0) is 49.3. The van der Waals surface area contributed by atoms with Crippen molar-refractivity contribution in [2.75, 3.05) is 13.2 Å². The second kappa shape index (κ2) is 57.7. The maximum absolute atomic E-state index is 12.5. The third-order valence-electron chi connectivity index (χ3n) is 13.9.